The first-order valence-corrected chi connectivity index (χ1v) is 7.49. The molecule has 0 spiro atoms. The van der Waals surface area contributed by atoms with Crippen LogP contribution in [-0.4, -0.2) is 36.6 Å². The lowest BCUT2D eigenvalue weighted by atomic mass is 10.2. The first-order chi connectivity index (χ1) is 9.99. The van der Waals surface area contributed by atoms with Gasteiger partial charge in [-0.05, 0) is 18.2 Å². The summed E-state index contributed by atoms with van der Waals surface area (Å²) >= 11 is 7.18. The van der Waals surface area contributed by atoms with Crippen LogP contribution >= 0.6 is 23.4 Å². The molecule has 0 aromatic heterocycles. The lowest BCUT2D eigenvalue weighted by Crippen LogP contribution is -2.38. The van der Waals surface area contributed by atoms with Gasteiger partial charge in [0.15, 0.2) is 0 Å². The molecule has 2 rings (SSSR count). The molecule has 0 saturated carbocycles. The predicted molar refractivity (Wildman–Crippen MR) is 81.4 cm³/mol. The zero-order valence-electron chi connectivity index (χ0n) is 11.2. The number of nitrogens with one attached hydrogen (secondary N) is 3. The second-order valence-corrected chi connectivity index (χ2v) is 6.07. The molecule has 0 bridgehead atoms. The van der Waals surface area contributed by atoms with Gasteiger partial charge in [-0.1, -0.05) is 11.6 Å². The van der Waals surface area contributed by atoms with Gasteiger partial charge in [-0.3, -0.25) is 14.4 Å². The summed E-state index contributed by atoms with van der Waals surface area (Å²) in [5.74, 6) is -0.877. The zero-order valence-corrected chi connectivity index (χ0v) is 12.8. The van der Waals surface area contributed by atoms with Gasteiger partial charge < -0.3 is 16.0 Å². The SMILES string of the molecule is CNC(=O)CNC(=O)C[C@H]1Sc2ccc(Cl)cc2NC1=O. The van der Waals surface area contributed by atoms with E-state index in [2.05, 4.69) is 16.0 Å². The largest absolute Gasteiger partial charge is 0.358 e. The number of fused-ring (bicyclic) bond motifs is 1. The van der Waals surface area contributed by atoms with Crippen molar-refractivity contribution in [3.8, 4) is 0 Å². The molecule has 0 fully saturated rings. The first kappa shape index (κ1) is 15.7. The third-order valence-corrected chi connectivity index (χ3v) is 4.37. The van der Waals surface area contributed by atoms with E-state index in [9.17, 15) is 14.4 Å². The number of thioether (sulfide) groups is 1. The Hall–Kier alpha value is -1.73. The Labute approximate surface area is 131 Å². The van der Waals surface area contributed by atoms with Gasteiger partial charge in [-0.2, -0.15) is 0 Å². The third kappa shape index (κ3) is 4.12. The molecule has 112 valence electrons. The summed E-state index contributed by atoms with van der Waals surface area (Å²) in [4.78, 5) is 35.6. The summed E-state index contributed by atoms with van der Waals surface area (Å²) in [6.45, 7) is -0.0967. The summed E-state index contributed by atoms with van der Waals surface area (Å²) in [5, 5.41) is 7.61. The number of rotatable bonds is 4. The molecule has 6 nitrogen and oxygen atoms in total. The topological polar surface area (TPSA) is 87.3 Å². The minimum atomic E-state index is -0.525. The van der Waals surface area contributed by atoms with E-state index in [1.807, 2.05) is 0 Å². The molecule has 21 heavy (non-hydrogen) atoms. The molecule has 1 atom stereocenters. The van der Waals surface area contributed by atoms with Crippen molar-refractivity contribution in [2.75, 3.05) is 18.9 Å². The van der Waals surface area contributed by atoms with Crippen molar-refractivity contribution in [3.05, 3.63) is 23.2 Å². The number of amides is 3. The molecule has 1 aromatic carbocycles. The maximum Gasteiger partial charge on any atom is 0.239 e. The predicted octanol–water partition coefficient (Wildman–Crippen LogP) is 1.01. The van der Waals surface area contributed by atoms with Crippen LogP contribution in [0.15, 0.2) is 23.1 Å². The van der Waals surface area contributed by atoms with Crippen molar-refractivity contribution < 1.29 is 14.4 Å². The monoisotopic (exact) mass is 327 g/mol. The normalized spacial score (nSPS) is 16.7. The molecule has 1 aliphatic heterocycles. The van der Waals surface area contributed by atoms with Gasteiger partial charge in [0.05, 0.1) is 17.5 Å². The standard InChI is InChI=1S/C13H14ClN3O3S/c1-15-12(19)6-16-11(18)5-10-13(20)17-8-4-7(14)2-3-9(8)21-10/h2-4,10H,5-6H2,1H3,(H,15,19)(H,16,18)(H,17,20)/t10-/m1/s1. The molecule has 8 heteroatoms. The van der Waals surface area contributed by atoms with Crippen LogP contribution < -0.4 is 16.0 Å². The highest BCUT2D eigenvalue weighted by atomic mass is 35.5. The van der Waals surface area contributed by atoms with Crippen molar-refractivity contribution in [2.45, 2.75) is 16.6 Å². The fourth-order valence-corrected chi connectivity index (χ4v) is 3.03. The molecule has 1 aromatic rings. The Morgan fingerprint density at radius 3 is 2.86 bits per heavy atom. The summed E-state index contributed by atoms with van der Waals surface area (Å²) < 4.78 is 0. The average molecular weight is 328 g/mol. The van der Waals surface area contributed by atoms with Crippen LogP contribution in [0.3, 0.4) is 0 Å². The Kier molecular flexibility index (Phi) is 5.08. The van der Waals surface area contributed by atoms with Crippen molar-refractivity contribution >= 4 is 46.8 Å². The Bertz CT molecular complexity index is 594. The van der Waals surface area contributed by atoms with E-state index in [0.29, 0.717) is 10.7 Å². The van der Waals surface area contributed by atoms with E-state index in [-0.39, 0.29) is 30.7 Å². The van der Waals surface area contributed by atoms with Gasteiger partial charge in [-0.15, -0.1) is 11.8 Å². The van der Waals surface area contributed by atoms with Gasteiger partial charge in [-0.25, -0.2) is 0 Å². The lowest BCUT2D eigenvalue weighted by Gasteiger charge is -2.23. The van der Waals surface area contributed by atoms with Crippen LogP contribution in [0, 0.1) is 0 Å². The summed E-state index contributed by atoms with van der Waals surface area (Å²) in [7, 11) is 1.49. The van der Waals surface area contributed by atoms with Crippen LogP contribution in [0.4, 0.5) is 5.69 Å². The lowest BCUT2D eigenvalue weighted by molar-refractivity contribution is -0.126. The summed E-state index contributed by atoms with van der Waals surface area (Å²) in [5.41, 5.74) is 0.652. The fraction of sp³-hybridized carbons (Fsp3) is 0.308. The maximum absolute atomic E-state index is 12.0. The van der Waals surface area contributed by atoms with E-state index in [4.69, 9.17) is 11.6 Å². The number of hydrogen-bond donors (Lipinski definition) is 3. The van der Waals surface area contributed by atoms with Gasteiger partial charge >= 0.3 is 0 Å². The van der Waals surface area contributed by atoms with Crippen LogP contribution in [0.2, 0.25) is 5.02 Å². The number of halogens is 1. The molecule has 3 amide bonds. The van der Waals surface area contributed by atoms with Crippen molar-refractivity contribution in [3.63, 3.8) is 0 Å². The van der Waals surface area contributed by atoms with E-state index in [1.54, 1.807) is 18.2 Å². The van der Waals surface area contributed by atoms with Gasteiger partial charge in [0.1, 0.15) is 0 Å². The summed E-state index contributed by atoms with van der Waals surface area (Å²) in [6.07, 6.45) is 0.00948. The van der Waals surface area contributed by atoms with Crippen LogP contribution in [0.1, 0.15) is 6.42 Å². The fourth-order valence-electron chi connectivity index (χ4n) is 1.76. The number of anilines is 1. The summed E-state index contributed by atoms with van der Waals surface area (Å²) in [6, 6.07) is 5.20. The smallest absolute Gasteiger partial charge is 0.239 e. The second kappa shape index (κ2) is 6.82. The molecular formula is C13H14ClN3O3S. The minimum absolute atomic E-state index is 0.00948. The van der Waals surface area contributed by atoms with Crippen LogP contribution in [-0.2, 0) is 14.4 Å². The number of likely N-dealkylation sites (N-methyl/N-ethyl adjacent to an activating group) is 1. The van der Waals surface area contributed by atoms with Crippen LogP contribution in [0.5, 0.6) is 0 Å². The van der Waals surface area contributed by atoms with Crippen molar-refractivity contribution in [1.29, 1.82) is 0 Å². The van der Waals surface area contributed by atoms with Gasteiger partial charge in [0.2, 0.25) is 17.7 Å². The van der Waals surface area contributed by atoms with Crippen molar-refractivity contribution in [2.24, 2.45) is 0 Å². The van der Waals surface area contributed by atoms with E-state index < -0.39 is 5.25 Å². The Morgan fingerprint density at radius 2 is 2.14 bits per heavy atom. The average Bonchev–Trinajstić information content (AvgIpc) is 2.45. The highest BCUT2D eigenvalue weighted by Gasteiger charge is 2.29. The molecular weight excluding hydrogens is 314 g/mol. The maximum atomic E-state index is 12.0. The first-order valence-electron chi connectivity index (χ1n) is 6.24. The highest BCUT2D eigenvalue weighted by molar-refractivity contribution is 8.01. The third-order valence-electron chi connectivity index (χ3n) is 2.86. The van der Waals surface area contributed by atoms with E-state index in [1.165, 1.54) is 18.8 Å². The molecule has 3 N–H and O–H groups in total. The number of carbonyl (C=O) groups is 3. The van der Waals surface area contributed by atoms with Crippen molar-refractivity contribution in [1.82, 2.24) is 10.6 Å². The Morgan fingerprint density at radius 1 is 1.38 bits per heavy atom. The van der Waals surface area contributed by atoms with Gasteiger partial charge in [0.25, 0.3) is 0 Å². The van der Waals surface area contributed by atoms with Gasteiger partial charge in [0, 0.05) is 23.4 Å². The number of carbonyl (C=O) groups excluding carboxylic acids is 3. The second-order valence-electron chi connectivity index (χ2n) is 4.39. The zero-order chi connectivity index (χ0) is 15.4. The van der Waals surface area contributed by atoms with Crippen LogP contribution in [0.25, 0.3) is 0 Å². The molecule has 0 aliphatic carbocycles. The minimum Gasteiger partial charge on any atom is -0.358 e. The molecule has 0 saturated heterocycles. The molecule has 0 radical (unpaired) electrons. The van der Waals surface area contributed by atoms with E-state index >= 15 is 0 Å². The van der Waals surface area contributed by atoms with E-state index in [0.717, 1.165) is 4.90 Å². The quantitative estimate of drug-likeness (QED) is 0.770. The number of hydrogen-bond acceptors (Lipinski definition) is 4. The molecule has 1 aliphatic rings. The number of benzene rings is 1. The Balaban J connectivity index is 1.96. The highest BCUT2D eigenvalue weighted by Crippen LogP contribution is 2.38. The molecule has 0 unspecified atom stereocenters. The molecule has 1 heterocycles.